The minimum absolute atomic E-state index is 0.808. The van der Waals surface area contributed by atoms with Crippen LogP contribution in [0.5, 0.6) is 0 Å². The molecule has 0 radical (unpaired) electrons. The normalized spacial score (nSPS) is 21.9. The van der Waals surface area contributed by atoms with E-state index in [0.717, 1.165) is 11.6 Å². The molecule has 0 saturated carbocycles. The lowest BCUT2D eigenvalue weighted by atomic mass is 9.84. The number of nitrogen functional groups attached to an aromatic ring is 1. The lowest BCUT2D eigenvalue weighted by Crippen LogP contribution is -2.12. The highest BCUT2D eigenvalue weighted by molar-refractivity contribution is 5.51. The molecule has 0 aromatic heterocycles. The highest BCUT2D eigenvalue weighted by atomic mass is 14.6. The predicted octanol–water partition coefficient (Wildman–Crippen LogP) is 2.39. The SMILES string of the molecule is CC1CCc2cccc(N)c2C1. The smallest absolute Gasteiger partial charge is 0.0349 e. The first-order valence-corrected chi connectivity index (χ1v) is 4.63. The van der Waals surface area contributed by atoms with Crippen LogP contribution in [0.3, 0.4) is 0 Å². The summed E-state index contributed by atoms with van der Waals surface area (Å²) in [6.45, 7) is 2.30. The van der Waals surface area contributed by atoms with E-state index in [1.807, 2.05) is 6.07 Å². The van der Waals surface area contributed by atoms with Crippen molar-refractivity contribution in [2.45, 2.75) is 26.2 Å². The Morgan fingerprint density at radius 1 is 1.42 bits per heavy atom. The number of aryl methyl sites for hydroxylation is 1. The highest BCUT2D eigenvalue weighted by Gasteiger charge is 2.16. The molecule has 0 amide bonds. The van der Waals surface area contributed by atoms with Gasteiger partial charge in [0.15, 0.2) is 0 Å². The summed E-state index contributed by atoms with van der Waals surface area (Å²) in [6, 6.07) is 6.28. The first kappa shape index (κ1) is 7.66. The molecule has 2 rings (SSSR count). The Balaban J connectivity index is 2.43. The molecule has 1 aliphatic rings. The van der Waals surface area contributed by atoms with Crippen LogP contribution < -0.4 is 5.73 Å². The van der Waals surface area contributed by atoms with Gasteiger partial charge in [0.05, 0.1) is 0 Å². The van der Waals surface area contributed by atoms with Gasteiger partial charge in [0.1, 0.15) is 0 Å². The second-order valence-electron chi connectivity index (χ2n) is 3.83. The van der Waals surface area contributed by atoms with Crippen LogP contribution >= 0.6 is 0 Å². The van der Waals surface area contributed by atoms with E-state index < -0.39 is 0 Å². The van der Waals surface area contributed by atoms with Crippen molar-refractivity contribution in [3.05, 3.63) is 29.3 Å². The Labute approximate surface area is 73.6 Å². The monoisotopic (exact) mass is 161 g/mol. The summed E-state index contributed by atoms with van der Waals surface area (Å²) in [7, 11) is 0. The molecule has 0 fully saturated rings. The van der Waals surface area contributed by atoms with E-state index in [1.54, 1.807) is 0 Å². The summed E-state index contributed by atoms with van der Waals surface area (Å²) in [5.41, 5.74) is 9.75. The summed E-state index contributed by atoms with van der Waals surface area (Å²) in [6.07, 6.45) is 3.69. The summed E-state index contributed by atoms with van der Waals surface area (Å²) in [4.78, 5) is 0. The van der Waals surface area contributed by atoms with Crippen LogP contribution in [0.4, 0.5) is 5.69 Å². The van der Waals surface area contributed by atoms with Crippen molar-refractivity contribution < 1.29 is 0 Å². The van der Waals surface area contributed by atoms with Gasteiger partial charge in [-0.15, -0.1) is 0 Å². The second-order valence-corrected chi connectivity index (χ2v) is 3.83. The van der Waals surface area contributed by atoms with Gasteiger partial charge in [-0.3, -0.25) is 0 Å². The largest absolute Gasteiger partial charge is 0.398 e. The van der Waals surface area contributed by atoms with E-state index in [4.69, 9.17) is 5.73 Å². The van der Waals surface area contributed by atoms with Gasteiger partial charge in [-0.2, -0.15) is 0 Å². The maximum Gasteiger partial charge on any atom is 0.0349 e. The maximum atomic E-state index is 5.90. The predicted molar refractivity (Wildman–Crippen MR) is 52.0 cm³/mol. The average molecular weight is 161 g/mol. The van der Waals surface area contributed by atoms with Crippen molar-refractivity contribution in [1.82, 2.24) is 0 Å². The number of rotatable bonds is 0. The van der Waals surface area contributed by atoms with Crippen LogP contribution in [-0.4, -0.2) is 0 Å². The molecule has 64 valence electrons. The van der Waals surface area contributed by atoms with Crippen LogP contribution in [-0.2, 0) is 12.8 Å². The standard InChI is InChI=1S/C11H15N/c1-8-5-6-9-3-2-4-11(12)10(9)7-8/h2-4,8H,5-7,12H2,1H3. The van der Waals surface area contributed by atoms with Gasteiger partial charge in [0.2, 0.25) is 0 Å². The van der Waals surface area contributed by atoms with E-state index in [9.17, 15) is 0 Å². The lowest BCUT2D eigenvalue weighted by Gasteiger charge is -2.22. The lowest BCUT2D eigenvalue weighted by molar-refractivity contribution is 0.502. The number of hydrogen-bond donors (Lipinski definition) is 1. The Morgan fingerprint density at radius 2 is 2.25 bits per heavy atom. The van der Waals surface area contributed by atoms with Crippen LogP contribution in [0.25, 0.3) is 0 Å². The van der Waals surface area contributed by atoms with Gasteiger partial charge in [0.25, 0.3) is 0 Å². The fourth-order valence-electron chi connectivity index (χ4n) is 1.99. The minimum Gasteiger partial charge on any atom is -0.398 e. The van der Waals surface area contributed by atoms with Crippen molar-refractivity contribution >= 4 is 5.69 Å². The van der Waals surface area contributed by atoms with Gasteiger partial charge in [-0.05, 0) is 42.4 Å². The van der Waals surface area contributed by atoms with E-state index in [2.05, 4.69) is 19.1 Å². The first-order valence-electron chi connectivity index (χ1n) is 4.63. The maximum absolute atomic E-state index is 5.90. The third kappa shape index (κ3) is 1.20. The quantitative estimate of drug-likeness (QED) is 0.581. The van der Waals surface area contributed by atoms with E-state index in [-0.39, 0.29) is 0 Å². The van der Waals surface area contributed by atoms with Gasteiger partial charge in [-0.25, -0.2) is 0 Å². The molecular formula is C11H15N. The first-order chi connectivity index (χ1) is 5.77. The Bertz CT molecular complexity index is 291. The average Bonchev–Trinajstić information content (AvgIpc) is 2.07. The number of nitrogens with two attached hydrogens (primary N) is 1. The van der Waals surface area contributed by atoms with Crippen LogP contribution in [0.15, 0.2) is 18.2 Å². The van der Waals surface area contributed by atoms with Crippen LogP contribution in [0, 0.1) is 5.92 Å². The van der Waals surface area contributed by atoms with Crippen LogP contribution in [0.1, 0.15) is 24.5 Å². The molecule has 0 aliphatic heterocycles. The fourth-order valence-corrected chi connectivity index (χ4v) is 1.99. The van der Waals surface area contributed by atoms with Crippen molar-refractivity contribution in [2.24, 2.45) is 5.92 Å². The molecule has 1 atom stereocenters. The number of hydrogen-bond acceptors (Lipinski definition) is 1. The molecule has 1 aromatic carbocycles. The third-order valence-corrected chi connectivity index (χ3v) is 2.77. The fraction of sp³-hybridized carbons (Fsp3) is 0.455. The molecule has 1 heteroatoms. The molecule has 1 aromatic rings. The van der Waals surface area contributed by atoms with Crippen molar-refractivity contribution in [3.63, 3.8) is 0 Å². The summed E-state index contributed by atoms with van der Waals surface area (Å²) in [5, 5.41) is 0. The minimum atomic E-state index is 0.808. The van der Waals surface area contributed by atoms with Gasteiger partial charge in [0, 0.05) is 5.69 Å². The summed E-state index contributed by atoms with van der Waals surface area (Å²) >= 11 is 0. The van der Waals surface area contributed by atoms with Gasteiger partial charge < -0.3 is 5.73 Å². The van der Waals surface area contributed by atoms with Gasteiger partial charge >= 0.3 is 0 Å². The Hall–Kier alpha value is -0.980. The molecule has 12 heavy (non-hydrogen) atoms. The molecule has 1 nitrogen and oxygen atoms in total. The number of fused-ring (bicyclic) bond motifs is 1. The van der Waals surface area contributed by atoms with Crippen LogP contribution in [0.2, 0.25) is 0 Å². The zero-order chi connectivity index (χ0) is 8.55. The van der Waals surface area contributed by atoms with E-state index in [1.165, 1.54) is 30.4 Å². The Kier molecular flexibility index (Phi) is 1.80. The molecule has 0 bridgehead atoms. The summed E-state index contributed by atoms with van der Waals surface area (Å²) in [5.74, 6) is 0.808. The summed E-state index contributed by atoms with van der Waals surface area (Å²) < 4.78 is 0. The third-order valence-electron chi connectivity index (χ3n) is 2.77. The molecule has 1 unspecified atom stereocenters. The van der Waals surface area contributed by atoms with Crippen molar-refractivity contribution in [2.75, 3.05) is 5.73 Å². The molecule has 2 N–H and O–H groups in total. The molecular weight excluding hydrogens is 146 g/mol. The molecule has 0 saturated heterocycles. The Morgan fingerprint density at radius 3 is 3.08 bits per heavy atom. The second kappa shape index (κ2) is 2.81. The zero-order valence-electron chi connectivity index (χ0n) is 7.51. The molecule has 1 aliphatic carbocycles. The zero-order valence-corrected chi connectivity index (χ0v) is 7.51. The highest BCUT2D eigenvalue weighted by Crippen LogP contribution is 2.28. The van der Waals surface area contributed by atoms with Gasteiger partial charge in [-0.1, -0.05) is 19.1 Å². The molecule has 0 spiro atoms. The number of benzene rings is 1. The number of anilines is 1. The molecule has 0 heterocycles. The van der Waals surface area contributed by atoms with E-state index in [0.29, 0.717) is 0 Å². The topological polar surface area (TPSA) is 26.0 Å². The van der Waals surface area contributed by atoms with Crippen molar-refractivity contribution in [3.8, 4) is 0 Å². The van der Waals surface area contributed by atoms with E-state index >= 15 is 0 Å². The van der Waals surface area contributed by atoms with Crippen molar-refractivity contribution in [1.29, 1.82) is 0 Å².